The third-order valence-electron chi connectivity index (χ3n) is 4.22. The van der Waals surface area contributed by atoms with Gasteiger partial charge in [-0.15, -0.1) is 0 Å². The van der Waals surface area contributed by atoms with E-state index in [-0.39, 0.29) is 5.63 Å². The maximum atomic E-state index is 11.5. The highest BCUT2D eigenvalue weighted by Gasteiger charge is 2.12. The van der Waals surface area contributed by atoms with Crippen LogP contribution >= 0.6 is 0 Å². The molecule has 0 aliphatic rings. The summed E-state index contributed by atoms with van der Waals surface area (Å²) >= 11 is 0. The molecule has 0 aliphatic heterocycles. The molecular formula is C18H14O3. The average molecular weight is 278 g/mol. The average Bonchev–Trinajstić information content (AvgIpc) is 2.71. The zero-order valence-electron chi connectivity index (χ0n) is 12.1. The molecule has 4 rings (SSSR count). The summed E-state index contributed by atoms with van der Waals surface area (Å²) < 4.78 is 11.1. The minimum Gasteiger partial charge on any atom is -0.461 e. The van der Waals surface area contributed by atoms with Crippen molar-refractivity contribution >= 4 is 32.7 Å². The number of aryl methyl sites for hydroxylation is 3. The molecule has 3 heteroatoms. The van der Waals surface area contributed by atoms with Crippen LogP contribution < -0.4 is 5.63 Å². The monoisotopic (exact) mass is 278 g/mol. The van der Waals surface area contributed by atoms with Crippen LogP contribution in [0.25, 0.3) is 32.7 Å². The van der Waals surface area contributed by atoms with E-state index in [1.807, 2.05) is 32.0 Å². The Hall–Kier alpha value is -2.55. The van der Waals surface area contributed by atoms with Gasteiger partial charge in [-0.2, -0.15) is 0 Å². The molecule has 104 valence electrons. The van der Waals surface area contributed by atoms with Crippen molar-refractivity contribution < 1.29 is 8.83 Å². The first-order valence-corrected chi connectivity index (χ1v) is 6.91. The van der Waals surface area contributed by atoms with Gasteiger partial charge in [-0.05, 0) is 60.9 Å². The second-order valence-corrected chi connectivity index (χ2v) is 5.54. The van der Waals surface area contributed by atoms with Gasteiger partial charge >= 0.3 is 5.63 Å². The van der Waals surface area contributed by atoms with Crippen LogP contribution in [0.2, 0.25) is 0 Å². The third kappa shape index (κ3) is 1.64. The summed E-state index contributed by atoms with van der Waals surface area (Å²) in [4.78, 5) is 11.5. The van der Waals surface area contributed by atoms with E-state index in [0.29, 0.717) is 5.58 Å². The molecule has 0 N–H and O–H groups in total. The molecule has 0 fully saturated rings. The van der Waals surface area contributed by atoms with Crippen LogP contribution in [-0.4, -0.2) is 0 Å². The molecule has 0 saturated heterocycles. The van der Waals surface area contributed by atoms with Gasteiger partial charge in [-0.3, -0.25) is 0 Å². The van der Waals surface area contributed by atoms with Crippen molar-refractivity contribution in [3.63, 3.8) is 0 Å². The van der Waals surface area contributed by atoms with Crippen molar-refractivity contribution in [2.75, 3.05) is 0 Å². The predicted octanol–water partition coefficient (Wildman–Crippen LogP) is 4.62. The fourth-order valence-electron chi connectivity index (χ4n) is 3.02. The fraction of sp³-hybridized carbons (Fsp3) is 0.167. The van der Waals surface area contributed by atoms with Crippen molar-refractivity contribution in [3.8, 4) is 0 Å². The highest BCUT2D eigenvalue weighted by Crippen LogP contribution is 2.33. The summed E-state index contributed by atoms with van der Waals surface area (Å²) in [5.74, 6) is 0.938. The normalized spacial score (nSPS) is 11.8. The molecule has 2 aromatic heterocycles. The Morgan fingerprint density at radius 1 is 0.857 bits per heavy atom. The van der Waals surface area contributed by atoms with E-state index < -0.39 is 0 Å². The topological polar surface area (TPSA) is 43.4 Å². The van der Waals surface area contributed by atoms with E-state index in [1.165, 1.54) is 11.6 Å². The van der Waals surface area contributed by atoms with E-state index in [4.69, 9.17) is 8.83 Å². The molecule has 4 aromatic rings. The Morgan fingerprint density at radius 3 is 2.48 bits per heavy atom. The molecule has 0 spiro atoms. The van der Waals surface area contributed by atoms with Crippen LogP contribution in [0.5, 0.6) is 0 Å². The van der Waals surface area contributed by atoms with E-state index in [2.05, 4.69) is 13.0 Å². The number of rotatable bonds is 0. The number of hydrogen-bond acceptors (Lipinski definition) is 3. The summed E-state index contributed by atoms with van der Waals surface area (Å²) in [5, 5.41) is 4.28. The van der Waals surface area contributed by atoms with Crippen LogP contribution in [0.3, 0.4) is 0 Å². The number of furan rings is 1. The summed E-state index contributed by atoms with van der Waals surface area (Å²) in [5.41, 5.74) is 3.27. The molecule has 0 aliphatic carbocycles. The molecule has 0 unspecified atom stereocenters. The zero-order chi connectivity index (χ0) is 14.7. The summed E-state index contributed by atoms with van der Waals surface area (Å²) in [6, 6.07) is 9.56. The maximum absolute atomic E-state index is 11.5. The van der Waals surface area contributed by atoms with Gasteiger partial charge in [-0.25, -0.2) is 4.79 Å². The van der Waals surface area contributed by atoms with Gasteiger partial charge < -0.3 is 8.83 Å². The number of hydrogen-bond donors (Lipinski definition) is 0. The first-order chi connectivity index (χ1) is 10.0. The molecule has 21 heavy (non-hydrogen) atoms. The minimum atomic E-state index is -0.315. The first-order valence-electron chi connectivity index (χ1n) is 6.91. The molecule has 3 nitrogen and oxygen atoms in total. The van der Waals surface area contributed by atoms with Gasteiger partial charge in [0.1, 0.15) is 16.9 Å². The van der Waals surface area contributed by atoms with Crippen LogP contribution in [0.4, 0.5) is 0 Å². The zero-order valence-corrected chi connectivity index (χ0v) is 12.1. The lowest BCUT2D eigenvalue weighted by molar-refractivity contribution is 0.560. The molecule has 0 bridgehead atoms. The first kappa shape index (κ1) is 12.2. The lowest BCUT2D eigenvalue weighted by Gasteiger charge is -2.05. The maximum Gasteiger partial charge on any atom is 0.336 e. The molecule has 0 radical (unpaired) electrons. The van der Waals surface area contributed by atoms with Crippen LogP contribution in [0, 0.1) is 20.8 Å². The number of benzene rings is 2. The molecule has 2 heterocycles. The quantitative estimate of drug-likeness (QED) is 0.348. The van der Waals surface area contributed by atoms with Gasteiger partial charge in [-0.1, -0.05) is 6.07 Å². The van der Waals surface area contributed by atoms with Gasteiger partial charge in [0, 0.05) is 16.8 Å². The molecule has 0 amide bonds. The van der Waals surface area contributed by atoms with Crippen LogP contribution in [0.15, 0.2) is 44.0 Å². The van der Waals surface area contributed by atoms with Crippen LogP contribution in [-0.2, 0) is 0 Å². The smallest absolute Gasteiger partial charge is 0.336 e. The van der Waals surface area contributed by atoms with Gasteiger partial charge in [0.15, 0.2) is 0 Å². The standard InChI is InChI=1S/C18H14O3/c1-9-6-17(19)21-15-5-4-12-7-13-10(2)11(3)20-16(13)8-14(12)18(9)15/h4-8H,1-3H3. The lowest BCUT2D eigenvalue weighted by Crippen LogP contribution is -1.98. The van der Waals surface area contributed by atoms with E-state index in [0.717, 1.165) is 38.5 Å². The number of fused-ring (bicyclic) bond motifs is 4. The summed E-state index contributed by atoms with van der Waals surface area (Å²) in [6.07, 6.45) is 0. The largest absolute Gasteiger partial charge is 0.461 e. The fourth-order valence-corrected chi connectivity index (χ4v) is 3.02. The van der Waals surface area contributed by atoms with E-state index in [1.54, 1.807) is 0 Å². The predicted molar refractivity (Wildman–Crippen MR) is 84.0 cm³/mol. The van der Waals surface area contributed by atoms with Crippen molar-refractivity contribution in [1.29, 1.82) is 0 Å². The SMILES string of the molecule is Cc1oc2cc3c(ccc4oc(=O)cc(C)c43)cc2c1C. The minimum absolute atomic E-state index is 0.315. The van der Waals surface area contributed by atoms with E-state index >= 15 is 0 Å². The summed E-state index contributed by atoms with van der Waals surface area (Å²) in [7, 11) is 0. The molecule has 2 aromatic carbocycles. The highest BCUT2D eigenvalue weighted by atomic mass is 16.4. The second-order valence-electron chi connectivity index (χ2n) is 5.54. The molecular weight excluding hydrogens is 264 g/mol. The second kappa shape index (κ2) is 3.98. The molecule has 0 atom stereocenters. The van der Waals surface area contributed by atoms with Gasteiger partial charge in [0.05, 0.1) is 0 Å². The third-order valence-corrected chi connectivity index (χ3v) is 4.22. The van der Waals surface area contributed by atoms with Gasteiger partial charge in [0.25, 0.3) is 0 Å². The van der Waals surface area contributed by atoms with Crippen LogP contribution in [0.1, 0.15) is 16.9 Å². The summed E-state index contributed by atoms with van der Waals surface area (Å²) in [6.45, 7) is 5.97. The van der Waals surface area contributed by atoms with Crippen molar-refractivity contribution in [2.24, 2.45) is 0 Å². The Balaban J connectivity index is 2.27. The van der Waals surface area contributed by atoms with E-state index in [9.17, 15) is 4.79 Å². The Labute approximate surface area is 120 Å². The van der Waals surface area contributed by atoms with Crippen molar-refractivity contribution in [2.45, 2.75) is 20.8 Å². The van der Waals surface area contributed by atoms with Crippen molar-refractivity contribution in [1.82, 2.24) is 0 Å². The Kier molecular flexibility index (Phi) is 2.31. The lowest BCUT2D eigenvalue weighted by atomic mass is 10.00. The van der Waals surface area contributed by atoms with Crippen molar-refractivity contribution in [3.05, 3.63) is 57.6 Å². The van der Waals surface area contributed by atoms with Gasteiger partial charge in [0.2, 0.25) is 0 Å². The highest BCUT2D eigenvalue weighted by molar-refractivity contribution is 6.11. The Bertz CT molecular complexity index is 1080. The Morgan fingerprint density at radius 2 is 1.67 bits per heavy atom. The molecule has 0 saturated carbocycles.